The van der Waals surface area contributed by atoms with Gasteiger partial charge in [-0.15, -0.1) is 0 Å². The van der Waals surface area contributed by atoms with Crippen LogP contribution in [0.3, 0.4) is 0 Å². The van der Waals surface area contributed by atoms with Gasteiger partial charge in [-0.1, -0.05) is 134 Å². The summed E-state index contributed by atoms with van der Waals surface area (Å²) in [5.41, 5.74) is 19.7. The zero-order valence-corrected chi connectivity index (χ0v) is 34.2. The zero-order chi connectivity index (χ0) is 39.2. The summed E-state index contributed by atoms with van der Waals surface area (Å²) in [6.45, 7) is 16.3. The minimum Gasteiger partial charge on any atom is -0.456 e. The molecule has 0 spiro atoms. The standard InChI is InChI=1S/C53H49BN2O/c1-8-12-34-17-24-39(25-18-34)55-45-28-22-37(52(2,3)4)32-43(45)54-44-33-38(53(5,6)7)23-29-46(44)56(48-15-11-14-47(55)51(48)54)40-26-19-35(20-27-40)36-21-30-50-42(31-36)41-13-9-10-16-49(41)57-50/h9-11,13-33H,8,12H2,1-7H3. The number of para-hydroxylation sites is 1. The molecule has 0 radical (unpaired) electrons. The first kappa shape index (κ1) is 35.4. The Morgan fingerprint density at radius 3 is 1.61 bits per heavy atom. The molecule has 57 heavy (non-hydrogen) atoms. The van der Waals surface area contributed by atoms with Crippen molar-refractivity contribution in [2.24, 2.45) is 0 Å². The smallest absolute Gasteiger partial charge is 0.252 e. The van der Waals surface area contributed by atoms with Crippen LogP contribution in [0.1, 0.15) is 71.6 Å². The first-order valence-corrected chi connectivity index (χ1v) is 20.6. The van der Waals surface area contributed by atoms with Crippen LogP contribution >= 0.6 is 0 Å². The lowest BCUT2D eigenvalue weighted by Gasteiger charge is -2.44. The van der Waals surface area contributed by atoms with Gasteiger partial charge in [-0.3, -0.25) is 0 Å². The number of hydrogen-bond donors (Lipinski definition) is 0. The highest BCUT2D eigenvalue weighted by Crippen LogP contribution is 2.45. The molecule has 0 N–H and O–H groups in total. The fourth-order valence-electron chi connectivity index (χ4n) is 9.24. The van der Waals surface area contributed by atoms with Gasteiger partial charge in [-0.25, -0.2) is 0 Å². The maximum atomic E-state index is 6.16. The third kappa shape index (κ3) is 5.80. The van der Waals surface area contributed by atoms with Gasteiger partial charge in [0, 0.05) is 44.9 Å². The molecule has 0 fully saturated rings. The molecule has 8 aromatic rings. The second-order valence-corrected chi connectivity index (χ2v) is 18.1. The molecule has 4 heteroatoms. The molecule has 0 bridgehead atoms. The lowest BCUT2D eigenvalue weighted by Crippen LogP contribution is -2.61. The van der Waals surface area contributed by atoms with Crippen molar-refractivity contribution in [3.8, 4) is 11.1 Å². The third-order valence-electron chi connectivity index (χ3n) is 12.3. The molecule has 3 heterocycles. The lowest BCUT2D eigenvalue weighted by atomic mass is 9.33. The Morgan fingerprint density at radius 2 is 1.04 bits per heavy atom. The van der Waals surface area contributed by atoms with Crippen molar-refractivity contribution in [1.82, 2.24) is 0 Å². The largest absolute Gasteiger partial charge is 0.456 e. The minimum atomic E-state index is -0.000255. The molecule has 10 rings (SSSR count). The van der Waals surface area contributed by atoms with Crippen molar-refractivity contribution in [2.45, 2.75) is 72.1 Å². The highest BCUT2D eigenvalue weighted by molar-refractivity contribution is 7.00. The van der Waals surface area contributed by atoms with Gasteiger partial charge in [0.2, 0.25) is 0 Å². The van der Waals surface area contributed by atoms with Crippen LogP contribution in [-0.4, -0.2) is 6.71 Å². The van der Waals surface area contributed by atoms with Crippen LogP contribution in [0, 0.1) is 0 Å². The predicted octanol–water partition coefficient (Wildman–Crippen LogP) is 12.9. The molecule has 2 aliphatic rings. The number of rotatable bonds is 5. The number of furan rings is 1. The van der Waals surface area contributed by atoms with Gasteiger partial charge in [0.1, 0.15) is 11.2 Å². The maximum Gasteiger partial charge on any atom is 0.252 e. The van der Waals surface area contributed by atoms with Crippen molar-refractivity contribution in [2.75, 3.05) is 9.80 Å². The van der Waals surface area contributed by atoms with Crippen LogP contribution in [0.25, 0.3) is 33.1 Å². The quantitative estimate of drug-likeness (QED) is 0.164. The van der Waals surface area contributed by atoms with E-state index >= 15 is 0 Å². The van der Waals surface area contributed by atoms with E-state index < -0.39 is 0 Å². The Morgan fingerprint density at radius 1 is 0.491 bits per heavy atom. The molecule has 0 saturated carbocycles. The van der Waals surface area contributed by atoms with Gasteiger partial charge in [-0.2, -0.15) is 0 Å². The molecule has 7 aromatic carbocycles. The van der Waals surface area contributed by atoms with Gasteiger partial charge in [0.25, 0.3) is 6.71 Å². The predicted molar refractivity (Wildman–Crippen MR) is 245 cm³/mol. The Hall–Kier alpha value is -6.00. The fourth-order valence-corrected chi connectivity index (χ4v) is 9.24. The zero-order valence-electron chi connectivity index (χ0n) is 34.2. The molecule has 0 aliphatic carbocycles. The number of hydrogen-bond acceptors (Lipinski definition) is 3. The van der Waals surface area contributed by atoms with Crippen molar-refractivity contribution >= 4 is 79.2 Å². The van der Waals surface area contributed by atoms with E-state index in [9.17, 15) is 0 Å². The number of fused-ring (bicyclic) bond motifs is 7. The minimum absolute atomic E-state index is 0.000255. The monoisotopic (exact) mass is 740 g/mol. The number of nitrogens with zero attached hydrogens (tertiary/aromatic N) is 2. The summed E-state index contributed by atoms with van der Waals surface area (Å²) < 4.78 is 6.16. The summed E-state index contributed by atoms with van der Waals surface area (Å²) in [6, 6.07) is 54.7. The van der Waals surface area contributed by atoms with Gasteiger partial charge in [0.15, 0.2) is 0 Å². The van der Waals surface area contributed by atoms with E-state index in [1.54, 1.807) is 0 Å². The number of anilines is 6. The summed E-state index contributed by atoms with van der Waals surface area (Å²) >= 11 is 0. The van der Waals surface area contributed by atoms with E-state index in [2.05, 4.69) is 192 Å². The first-order valence-electron chi connectivity index (χ1n) is 20.6. The summed E-state index contributed by atoms with van der Waals surface area (Å²) in [6.07, 6.45) is 2.23. The Bertz CT molecular complexity index is 2830. The van der Waals surface area contributed by atoms with Crippen molar-refractivity contribution < 1.29 is 4.42 Å². The van der Waals surface area contributed by atoms with Gasteiger partial charge in [0.05, 0.1) is 0 Å². The normalized spacial score (nSPS) is 13.6. The summed E-state index contributed by atoms with van der Waals surface area (Å²) in [5, 5.41) is 2.30. The van der Waals surface area contributed by atoms with Gasteiger partial charge in [-0.05, 0) is 128 Å². The molecule has 0 amide bonds. The molecule has 280 valence electrons. The van der Waals surface area contributed by atoms with E-state index in [0.717, 1.165) is 40.5 Å². The molecule has 0 saturated heterocycles. The second kappa shape index (κ2) is 13.0. The average molecular weight is 741 g/mol. The first-order chi connectivity index (χ1) is 27.5. The molecule has 3 nitrogen and oxygen atoms in total. The molecular weight excluding hydrogens is 691 g/mol. The summed E-state index contributed by atoms with van der Waals surface area (Å²) in [7, 11) is 0. The summed E-state index contributed by atoms with van der Waals surface area (Å²) in [4.78, 5) is 5.03. The van der Waals surface area contributed by atoms with E-state index in [1.807, 2.05) is 12.1 Å². The van der Waals surface area contributed by atoms with Crippen molar-refractivity contribution in [1.29, 1.82) is 0 Å². The van der Waals surface area contributed by atoms with Crippen molar-refractivity contribution in [3.05, 3.63) is 162 Å². The van der Waals surface area contributed by atoms with E-state index in [1.165, 1.54) is 72.6 Å². The van der Waals surface area contributed by atoms with Crippen LogP contribution in [0.2, 0.25) is 0 Å². The van der Waals surface area contributed by atoms with Crippen LogP contribution in [0.15, 0.2) is 150 Å². The van der Waals surface area contributed by atoms with Gasteiger partial charge >= 0.3 is 0 Å². The Kier molecular flexibility index (Phi) is 8.10. The van der Waals surface area contributed by atoms with Gasteiger partial charge < -0.3 is 14.2 Å². The van der Waals surface area contributed by atoms with Crippen LogP contribution < -0.4 is 26.2 Å². The van der Waals surface area contributed by atoms with Crippen molar-refractivity contribution in [3.63, 3.8) is 0 Å². The van der Waals surface area contributed by atoms with Crippen LogP contribution in [-0.2, 0) is 17.3 Å². The third-order valence-corrected chi connectivity index (χ3v) is 12.3. The molecule has 2 aliphatic heterocycles. The molecule has 1 aromatic heterocycles. The highest BCUT2D eigenvalue weighted by atomic mass is 16.3. The number of aryl methyl sites for hydroxylation is 1. The van der Waals surface area contributed by atoms with Crippen LogP contribution in [0.5, 0.6) is 0 Å². The average Bonchev–Trinajstić information content (AvgIpc) is 3.58. The molecule has 0 atom stereocenters. The van der Waals surface area contributed by atoms with E-state index in [0.29, 0.717) is 0 Å². The SMILES string of the molecule is CCCc1ccc(N2c3ccc(C(C)(C)C)cc3B3c4cc(C(C)(C)C)ccc4N(c4ccc(-c5ccc6oc7ccccc7c6c5)cc4)c4cccc2c43)cc1. The molecule has 0 unspecified atom stereocenters. The topological polar surface area (TPSA) is 19.6 Å². The van der Waals surface area contributed by atoms with E-state index in [-0.39, 0.29) is 17.5 Å². The maximum absolute atomic E-state index is 6.16. The summed E-state index contributed by atoms with van der Waals surface area (Å²) in [5.74, 6) is 0. The second-order valence-electron chi connectivity index (χ2n) is 18.1. The van der Waals surface area contributed by atoms with E-state index in [4.69, 9.17) is 4.42 Å². The Balaban J connectivity index is 1.17. The molecular formula is C53H49BN2O. The highest BCUT2D eigenvalue weighted by Gasteiger charge is 2.44. The Labute approximate surface area is 337 Å². The number of benzene rings is 7. The lowest BCUT2D eigenvalue weighted by molar-refractivity contribution is 0.590. The van der Waals surface area contributed by atoms with Crippen LogP contribution in [0.4, 0.5) is 34.1 Å². The fraction of sp³-hybridized carbons (Fsp3) is 0.208.